The van der Waals surface area contributed by atoms with E-state index in [1.165, 1.54) is 44.8 Å². The Kier molecular flexibility index (Phi) is 10.1. The second-order valence-electron chi connectivity index (χ2n) is 8.83. The van der Waals surface area contributed by atoms with Crippen molar-refractivity contribution in [2.45, 2.75) is 51.5 Å². The fraction of sp³-hybridized carbons (Fsp3) is 0.286. The summed E-state index contributed by atoms with van der Waals surface area (Å²) in [5, 5.41) is 4.79. The first kappa shape index (κ1) is 27.5. The molecule has 0 aliphatic heterocycles. The highest BCUT2D eigenvalue weighted by Crippen LogP contribution is 2.30. The van der Waals surface area contributed by atoms with Gasteiger partial charge in [0.25, 0.3) is 0 Å². The van der Waals surface area contributed by atoms with Gasteiger partial charge in [-0.1, -0.05) is 102 Å². The van der Waals surface area contributed by atoms with Crippen molar-refractivity contribution in [1.82, 2.24) is 0 Å². The number of fused-ring (bicyclic) bond motifs is 2. The highest BCUT2D eigenvalue weighted by Gasteiger charge is 2.18. The molecule has 0 N–H and O–H groups in total. The van der Waals surface area contributed by atoms with Crippen LogP contribution in [-0.4, -0.2) is 15.1 Å². The highest BCUT2D eigenvalue weighted by molar-refractivity contribution is 9.11. The molecule has 4 aromatic rings. The molecule has 7 heteroatoms. The largest absolute Gasteiger partial charge is 0.348 e. The van der Waals surface area contributed by atoms with E-state index in [9.17, 15) is 0 Å². The van der Waals surface area contributed by atoms with Crippen molar-refractivity contribution in [2.24, 2.45) is 0 Å². The first-order valence-corrected chi connectivity index (χ1v) is 17.5. The van der Waals surface area contributed by atoms with E-state index >= 15 is 0 Å². The number of benzene rings is 4. The zero-order valence-corrected chi connectivity index (χ0v) is 27.3. The molecule has 0 atom stereocenters. The van der Waals surface area contributed by atoms with Gasteiger partial charge in [0.15, 0.2) is 6.29 Å². The molecule has 2 nitrogen and oxygen atoms in total. The van der Waals surface area contributed by atoms with E-state index in [0.29, 0.717) is 13.2 Å². The fourth-order valence-electron chi connectivity index (χ4n) is 4.44. The van der Waals surface area contributed by atoms with Gasteiger partial charge in [-0.05, 0) is 87.2 Å². The van der Waals surface area contributed by atoms with Gasteiger partial charge in [-0.2, -0.15) is 0 Å². The maximum absolute atomic E-state index is 6.50. The van der Waals surface area contributed by atoms with Crippen molar-refractivity contribution in [2.75, 3.05) is 0 Å². The maximum atomic E-state index is 6.50. The summed E-state index contributed by atoms with van der Waals surface area (Å²) in [6.07, 6.45) is -0.222. The van der Waals surface area contributed by atoms with Crippen molar-refractivity contribution >= 4 is 94.1 Å². The molecule has 0 saturated heterocycles. The molecule has 184 valence electrons. The Bertz CT molecular complexity index is 1220. The summed E-state index contributed by atoms with van der Waals surface area (Å²) in [6.45, 7) is 5.64. The van der Waals surface area contributed by atoms with Crippen molar-refractivity contribution in [1.29, 1.82) is 0 Å². The normalized spacial score (nSPS) is 11.9. The second kappa shape index (κ2) is 12.8. The van der Waals surface area contributed by atoms with Gasteiger partial charge >= 0.3 is 0 Å². The van der Waals surface area contributed by atoms with E-state index in [-0.39, 0.29) is 6.29 Å². The van der Waals surface area contributed by atoms with E-state index in [1.54, 1.807) is 0 Å². The molecule has 0 fully saturated rings. The second-order valence-corrected chi connectivity index (χ2v) is 16.3. The zero-order valence-electron chi connectivity index (χ0n) is 19.8. The molecular weight excluding hydrogens is 716 g/mol. The molecule has 4 rings (SSSR count). The maximum Gasteiger partial charge on any atom is 0.155 e. The molecule has 0 radical (unpaired) electrons. The average Bonchev–Trinajstić information content (AvgIpc) is 2.82. The lowest BCUT2D eigenvalue weighted by Gasteiger charge is -2.23. The molecule has 0 heterocycles. The summed E-state index contributed by atoms with van der Waals surface area (Å²) in [7, 11) is -0.914. The number of rotatable bonds is 10. The van der Waals surface area contributed by atoms with Gasteiger partial charge in [0.1, 0.15) is 0 Å². The van der Waals surface area contributed by atoms with Crippen LogP contribution < -0.4 is 0 Å². The smallest absolute Gasteiger partial charge is 0.155 e. The van der Waals surface area contributed by atoms with Crippen molar-refractivity contribution in [3.8, 4) is 0 Å². The first-order valence-electron chi connectivity index (χ1n) is 11.8. The number of hydrogen-bond donors (Lipinski definition) is 0. The van der Waals surface area contributed by atoms with E-state index < -0.39 is 8.80 Å². The Morgan fingerprint density at radius 3 is 1.49 bits per heavy atom. The monoisotopic (exact) mass is 740 g/mol. The first-order chi connectivity index (χ1) is 16.9. The van der Waals surface area contributed by atoms with Gasteiger partial charge in [-0.25, -0.2) is 0 Å². The van der Waals surface area contributed by atoms with E-state index in [2.05, 4.69) is 138 Å². The molecule has 0 amide bonds. The van der Waals surface area contributed by atoms with Gasteiger partial charge in [0.05, 0.1) is 13.2 Å². The van der Waals surface area contributed by atoms with Crippen LogP contribution in [0.1, 0.15) is 25.0 Å². The summed E-state index contributed by atoms with van der Waals surface area (Å²) in [6, 6.07) is 24.9. The van der Waals surface area contributed by atoms with Crippen LogP contribution in [0, 0.1) is 0 Å². The standard InChI is InChI=1S/C28H28Br4O2Si/c1-3-35(4-2)17-28(33-15-20-13-24(31)11-18-9-22(29)5-7-26(18)20)34-16-21-14-25(32)12-19-10-23(30)6-8-27(19)21/h5-14,28,35H,3-4,15-17H2,1-2H3. The highest BCUT2D eigenvalue weighted by atomic mass is 79.9. The molecule has 0 aliphatic rings. The minimum Gasteiger partial charge on any atom is -0.348 e. The predicted octanol–water partition coefficient (Wildman–Crippen LogP) is 10.4. The van der Waals surface area contributed by atoms with Crippen molar-refractivity contribution in [3.05, 3.63) is 89.7 Å². The summed E-state index contributed by atoms with van der Waals surface area (Å²) >= 11 is 14.5. The van der Waals surface area contributed by atoms with E-state index in [4.69, 9.17) is 9.47 Å². The van der Waals surface area contributed by atoms with Crippen LogP contribution in [0.15, 0.2) is 78.6 Å². The van der Waals surface area contributed by atoms with Crippen LogP contribution in [0.5, 0.6) is 0 Å². The predicted molar refractivity (Wildman–Crippen MR) is 165 cm³/mol. The zero-order chi connectivity index (χ0) is 24.9. The molecule has 0 unspecified atom stereocenters. The minimum absolute atomic E-state index is 0.222. The Balaban J connectivity index is 1.56. The lowest BCUT2D eigenvalue weighted by atomic mass is 10.1. The summed E-state index contributed by atoms with van der Waals surface area (Å²) < 4.78 is 17.3. The third-order valence-electron chi connectivity index (χ3n) is 6.46. The van der Waals surface area contributed by atoms with Crippen molar-refractivity contribution in [3.63, 3.8) is 0 Å². The number of halogens is 4. The van der Waals surface area contributed by atoms with Crippen LogP contribution in [0.25, 0.3) is 21.5 Å². The molecular formula is C28H28Br4O2Si. The summed E-state index contributed by atoms with van der Waals surface area (Å²) in [5.74, 6) is 0. The Morgan fingerprint density at radius 2 is 1.06 bits per heavy atom. The van der Waals surface area contributed by atoms with Gasteiger partial charge in [0, 0.05) is 26.7 Å². The Morgan fingerprint density at radius 1 is 0.629 bits per heavy atom. The lowest BCUT2D eigenvalue weighted by Crippen LogP contribution is -2.24. The lowest BCUT2D eigenvalue weighted by molar-refractivity contribution is -0.144. The van der Waals surface area contributed by atoms with Crippen LogP contribution in [-0.2, 0) is 22.7 Å². The van der Waals surface area contributed by atoms with Crippen LogP contribution in [0.3, 0.4) is 0 Å². The van der Waals surface area contributed by atoms with E-state index in [1.807, 2.05) is 0 Å². The van der Waals surface area contributed by atoms with Gasteiger partial charge in [-0.3, -0.25) is 0 Å². The van der Waals surface area contributed by atoms with Crippen molar-refractivity contribution < 1.29 is 9.47 Å². The summed E-state index contributed by atoms with van der Waals surface area (Å²) in [5.41, 5.74) is 2.33. The SMILES string of the molecule is CC[SiH](CC)CC(OCc1cc(Br)cc2cc(Br)ccc12)OCc1cc(Br)cc2cc(Br)ccc12. The molecule has 35 heavy (non-hydrogen) atoms. The number of hydrogen-bond acceptors (Lipinski definition) is 2. The van der Waals surface area contributed by atoms with Gasteiger partial charge in [-0.15, -0.1) is 0 Å². The molecule has 0 saturated carbocycles. The minimum atomic E-state index is -0.914. The molecule has 4 aromatic carbocycles. The summed E-state index contributed by atoms with van der Waals surface area (Å²) in [4.78, 5) is 0. The third kappa shape index (κ3) is 7.28. The fourth-order valence-corrected chi connectivity index (χ4v) is 8.31. The Hall–Kier alpha value is -0.543. The quantitative estimate of drug-likeness (QED) is 0.119. The molecule has 0 aliphatic carbocycles. The Labute approximate surface area is 242 Å². The third-order valence-corrected chi connectivity index (χ3v) is 11.7. The van der Waals surface area contributed by atoms with Gasteiger partial charge in [0.2, 0.25) is 0 Å². The molecule has 0 aromatic heterocycles. The average molecular weight is 744 g/mol. The topological polar surface area (TPSA) is 18.5 Å². The van der Waals surface area contributed by atoms with Crippen LogP contribution in [0.2, 0.25) is 18.1 Å². The van der Waals surface area contributed by atoms with Crippen LogP contribution >= 0.6 is 63.7 Å². The van der Waals surface area contributed by atoms with Gasteiger partial charge < -0.3 is 9.47 Å². The molecule has 0 bridgehead atoms. The molecule has 0 spiro atoms. The van der Waals surface area contributed by atoms with Crippen LogP contribution in [0.4, 0.5) is 0 Å². The number of ether oxygens (including phenoxy) is 2. The van der Waals surface area contributed by atoms with E-state index in [0.717, 1.165) is 23.9 Å².